The average Bonchev–Trinajstić information content (AvgIpc) is 2.28. The minimum Gasteiger partial charge on any atom is -0.466 e. The minimum absolute atomic E-state index is 0.0143. The molecule has 0 atom stereocenters. The second-order valence-corrected chi connectivity index (χ2v) is 6.29. The average molecular weight is 351 g/mol. The molecule has 1 aromatic rings. The van der Waals surface area contributed by atoms with Gasteiger partial charge in [-0.15, -0.1) is 0 Å². The molecular formula is C11H15BrN2O4S. The first-order valence-corrected chi connectivity index (χ1v) is 7.84. The molecule has 0 saturated heterocycles. The van der Waals surface area contributed by atoms with Gasteiger partial charge in [-0.1, -0.05) is 15.9 Å². The van der Waals surface area contributed by atoms with E-state index in [1.807, 2.05) is 0 Å². The Hall–Kier alpha value is -1.12. The van der Waals surface area contributed by atoms with Crippen molar-refractivity contribution >= 4 is 37.6 Å². The SMILES string of the molecule is CCOC(=O)CCNS(=O)(=O)c1ccc(Br)cc1N. The first kappa shape index (κ1) is 15.9. The summed E-state index contributed by atoms with van der Waals surface area (Å²) in [5.74, 6) is -0.450. The lowest BCUT2D eigenvalue weighted by Gasteiger charge is -2.09. The van der Waals surface area contributed by atoms with Gasteiger partial charge in [-0.25, -0.2) is 13.1 Å². The summed E-state index contributed by atoms with van der Waals surface area (Å²) in [6.45, 7) is 1.92. The van der Waals surface area contributed by atoms with Crippen LogP contribution in [0.15, 0.2) is 27.6 Å². The van der Waals surface area contributed by atoms with Crippen molar-refractivity contribution < 1.29 is 17.9 Å². The largest absolute Gasteiger partial charge is 0.466 e. The number of hydrogen-bond acceptors (Lipinski definition) is 5. The summed E-state index contributed by atoms with van der Waals surface area (Å²) < 4.78 is 31.6. The van der Waals surface area contributed by atoms with E-state index in [-0.39, 0.29) is 30.2 Å². The van der Waals surface area contributed by atoms with Crippen LogP contribution in [0.1, 0.15) is 13.3 Å². The van der Waals surface area contributed by atoms with Gasteiger partial charge < -0.3 is 10.5 Å². The molecule has 0 aliphatic carbocycles. The molecule has 0 aromatic heterocycles. The van der Waals surface area contributed by atoms with Gasteiger partial charge in [-0.2, -0.15) is 0 Å². The highest BCUT2D eigenvalue weighted by atomic mass is 79.9. The fourth-order valence-corrected chi connectivity index (χ4v) is 2.88. The zero-order valence-electron chi connectivity index (χ0n) is 10.3. The van der Waals surface area contributed by atoms with Crippen molar-refractivity contribution in [3.05, 3.63) is 22.7 Å². The van der Waals surface area contributed by atoms with Gasteiger partial charge in [0.15, 0.2) is 0 Å². The number of ether oxygens (including phenoxy) is 1. The van der Waals surface area contributed by atoms with E-state index in [0.29, 0.717) is 4.47 Å². The number of carbonyl (C=O) groups is 1. The molecule has 0 amide bonds. The highest BCUT2D eigenvalue weighted by Gasteiger charge is 2.17. The second kappa shape index (κ2) is 6.88. The van der Waals surface area contributed by atoms with E-state index in [0.717, 1.165) is 0 Å². The van der Waals surface area contributed by atoms with Crippen LogP contribution in [0.4, 0.5) is 5.69 Å². The van der Waals surface area contributed by atoms with E-state index in [9.17, 15) is 13.2 Å². The van der Waals surface area contributed by atoms with Crippen molar-refractivity contribution in [1.29, 1.82) is 0 Å². The predicted octanol–water partition coefficient (Wildman–Crippen LogP) is 1.26. The molecule has 0 aliphatic rings. The molecule has 0 aliphatic heterocycles. The Balaban J connectivity index is 2.68. The molecule has 0 spiro atoms. The molecule has 0 unspecified atom stereocenters. The van der Waals surface area contributed by atoms with Gasteiger partial charge in [-0.3, -0.25) is 4.79 Å². The Morgan fingerprint density at radius 2 is 2.16 bits per heavy atom. The zero-order chi connectivity index (χ0) is 14.5. The first-order chi connectivity index (χ1) is 8.86. The zero-order valence-corrected chi connectivity index (χ0v) is 12.8. The summed E-state index contributed by atoms with van der Waals surface area (Å²) in [6, 6.07) is 4.47. The molecule has 6 nitrogen and oxygen atoms in total. The number of benzene rings is 1. The van der Waals surface area contributed by atoms with Crippen molar-refractivity contribution in [2.24, 2.45) is 0 Å². The molecule has 1 aromatic carbocycles. The minimum atomic E-state index is -3.72. The van der Waals surface area contributed by atoms with Crippen LogP contribution in [0.25, 0.3) is 0 Å². The van der Waals surface area contributed by atoms with Gasteiger partial charge in [0, 0.05) is 11.0 Å². The van der Waals surface area contributed by atoms with Crippen LogP contribution in [0.5, 0.6) is 0 Å². The Morgan fingerprint density at radius 3 is 2.74 bits per heavy atom. The summed E-state index contributed by atoms with van der Waals surface area (Å²) in [5.41, 5.74) is 5.78. The van der Waals surface area contributed by atoms with E-state index in [1.54, 1.807) is 13.0 Å². The number of nitrogens with one attached hydrogen (secondary N) is 1. The number of anilines is 1. The van der Waals surface area contributed by atoms with Crippen molar-refractivity contribution in [2.45, 2.75) is 18.2 Å². The van der Waals surface area contributed by atoms with Crippen LogP contribution in [-0.4, -0.2) is 27.5 Å². The molecule has 0 saturated carbocycles. The van der Waals surface area contributed by atoms with Gasteiger partial charge in [0.2, 0.25) is 10.0 Å². The van der Waals surface area contributed by atoms with Crippen LogP contribution >= 0.6 is 15.9 Å². The normalized spacial score (nSPS) is 11.3. The third kappa shape index (κ3) is 4.81. The fourth-order valence-electron chi connectivity index (χ4n) is 1.36. The molecule has 0 bridgehead atoms. The number of nitrogens with two attached hydrogens (primary N) is 1. The van der Waals surface area contributed by atoms with Crippen LogP contribution in [0.3, 0.4) is 0 Å². The topological polar surface area (TPSA) is 98.5 Å². The third-order valence-electron chi connectivity index (χ3n) is 2.19. The molecule has 8 heteroatoms. The summed E-state index contributed by atoms with van der Waals surface area (Å²) in [7, 11) is -3.72. The Morgan fingerprint density at radius 1 is 1.47 bits per heavy atom. The van der Waals surface area contributed by atoms with Gasteiger partial charge in [0.1, 0.15) is 4.90 Å². The monoisotopic (exact) mass is 350 g/mol. The molecule has 0 radical (unpaired) electrons. The van der Waals surface area contributed by atoms with Gasteiger partial charge in [0.25, 0.3) is 0 Å². The maximum absolute atomic E-state index is 11.9. The molecular weight excluding hydrogens is 336 g/mol. The highest BCUT2D eigenvalue weighted by molar-refractivity contribution is 9.10. The van der Waals surface area contributed by atoms with E-state index in [1.165, 1.54) is 12.1 Å². The Bertz CT molecular complexity index is 560. The Kier molecular flexibility index (Phi) is 5.77. The summed E-state index contributed by atoms with van der Waals surface area (Å²) >= 11 is 3.20. The Labute approximate surface area is 120 Å². The van der Waals surface area contributed by atoms with E-state index in [2.05, 4.69) is 20.7 Å². The van der Waals surface area contributed by atoms with Gasteiger partial charge in [0.05, 0.1) is 18.7 Å². The lowest BCUT2D eigenvalue weighted by atomic mass is 10.3. The van der Waals surface area contributed by atoms with Crippen LogP contribution in [0.2, 0.25) is 0 Å². The number of nitrogen functional groups attached to an aromatic ring is 1. The lowest BCUT2D eigenvalue weighted by molar-refractivity contribution is -0.142. The maximum Gasteiger partial charge on any atom is 0.307 e. The number of esters is 1. The van der Waals surface area contributed by atoms with E-state index >= 15 is 0 Å². The number of sulfonamides is 1. The lowest BCUT2D eigenvalue weighted by Crippen LogP contribution is -2.27. The van der Waals surface area contributed by atoms with Crippen LogP contribution in [-0.2, 0) is 19.6 Å². The molecule has 106 valence electrons. The number of rotatable bonds is 6. The summed E-state index contributed by atoms with van der Waals surface area (Å²) in [6.07, 6.45) is -0.0243. The van der Waals surface area contributed by atoms with Crippen molar-refractivity contribution in [1.82, 2.24) is 4.72 Å². The molecule has 0 heterocycles. The molecule has 1 rings (SSSR count). The van der Waals surface area contributed by atoms with Gasteiger partial charge >= 0.3 is 5.97 Å². The molecule has 0 fully saturated rings. The van der Waals surface area contributed by atoms with Crippen molar-refractivity contribution in [2.75, 3.05) is 18.9 Å². The first-order valence-electron chi connectivity index (χ1n) is 5.57. The predicted molar refractivity (Wildman–Crippen MR) is 75.0 cm³/mol. The third-order valence-corrected chi connectivity index (χ3v) is 4.22. The summed E-state index contributed by atoms with van der Waals surface area (Å²) in [5, 5.41) is 0. The number of hydrogen-bond donors (Lipinski definition) is 2. The quantitative estimate of drug-likeness (QED) is 0.594. The van der Waals surface area contributed by atoms with Crippen LogP contribution < -0.4 is 10.5 Å². The standard InChI is InChI=1S/C11H15BrN2O4S/c1-2-18-11(15)5-6-14-19(16,17)10-4-3-8(12)7-9(10)13/h3-4,7,14H,2,5-6,13H2,1H3. The smallest absolute Gasteiger partial charge is 0.307 e. The van der Waals surface area contributed by atoms with Gasteiger partial charge in [-0.05, 0) is 25.1 Å². The highest BCUT2D eigenvalue weighted by Crippen LogP contribution is 2.22. The maximum atomic E-state index is 11.9. The fraction of sp³-hybridized carbons (Fsp3) is 0.364. The van der Waals surface area contributed by atoms with E-state index in [4.69, 9.17) is 10.5 Å². The molecule has 19 heavy (non-hydrogen) atoms. The van der Waals surface area contributed by atoms with Crippen molar-refractivity contribution in [3.8, 4) is 0 Å². The second-order valence-electron chi connectivity index (χ2n) is 3.63. The van der Waals surface area contributed by atoms with Crippen LogP contribution in [0, 0.1) is 0 Å². The van der Waals surface area contributed by atoms with E-state index < -0.39 is 16.0 Å². The molecule has 3 N–H and O–H groups in total. The number of carbonyl (C=O) groups excluding carboxylic acids is 1. The number of halogens is 1. The summed E-state index contributed by atoms with van der Waals surface area (Å²) in [4.78, 5) is 11.1. The van der Waals surface area contributed by atoms with Crippen molar-refractivity contribution in [3.63, 3.8) is 0 Å².